The first-order valence-electron chi connectivity index (χ1n) is 10.6. The second kappa shape index (κ2) is 11.1. The van der Waals surface area contributed by atoms with E-state index >= 15 is 0 Å². The number of nitrogens with zero attached hydrogens (tertiary/aromatic N) is 3. The third kappa shape index (κ3) is 5.88. The molecule has 2 aromatic heterocycles. The van der Waals surface area contributed by atoms with Gasteiger partial charge in [0.25, 0.3) is 0 Å². The molecule has 1 unspecified atom stereocenters. The van der Waals surface area contributed by atoms with Gasteiger partial charge >= 0.3 is 6.18 Å². The van der Waals surface area contributed by atoms with Crippen LogP contribution in [0, 0.1) is 5.82 Å². The van der Waals surface area contributed by atoms with Crippen LogP contribution in [0.2, 0.25) is 0 Å². The van der Waals surface area contributed by atoms with E-state index in [2.05, 4.69) is 25.5 Å². The number of piperazine rings is 1. The van der Waals surface area contributed by atoms with Gasteiger partial charge in [0.1, 0.15) is 16.5 Å². The molecule has 188 valence electrons. The lowest BCUT2D eigenvalue weighted by molar-refractivity contribution is -0.137. The van der Waals surface area contributed by atoms with Crippen LogP contribution in [-0.4, -0.2) is 40.5 Å². The van der Waals surface area contributed by atoms with Crippen LogP contribution in [0.5, 0.6) is 0 Å². The molecule has 35 heavy (non-hydrogen) atoms. The van der Waals surface area contributed by atoms with Gasteiger partial charge in [-0.1, -0.05) is 23.5 Å². The van der Waals surface area contributed by atoms with Gasteiger partial charge in [-0.3, -0.25) is 4.98 Å². The van der Waals surface area contributed by atoms with Crippen molar-refractivity contribution in [1.82, 2.24) is 20.2 Å². The average Bonchev–Trinajstić information content (AvgIpc) is 3.17. The molecule has 2 aliphatic rings. The first-order chi connectivity index (χ1) is 15.9. The molecule has 1 fully saturated rings. The Bertz CT molecular complexity index is 1280. The number of hydrogen-bond acceptors (Lipinski definition) is 6. The van der Waals surface area contributed by atoms with Crippen LogP contribution in [0.1, 0.15) is 22.7 Å². The van der Waals surface area contributed by atoms with Crippen molar-refractivity contribution >= 4 is 53.0 Å². The zero-order valence-corrected chi connectivity index (χ0v) is 20.8. The maximum absolute atomic E-state index is 13.4. The zero-order valence-electron chi connectivity index (χ0n) is 18.3. The van der Waals surface area contributed by atoms with Gasteiger partial charge in [0, 0.05) is 43.3 Å². The fourth-order valence-corrected chi connectivity index (χ4v) is 5.00. The van der Waals surface area contributed by atoms with Gasteiger partial charge in [0.15, 0.2) is 0 Å². The molecule has 1 atom stereocenters. The van der Waals surface area contributed by atoms with Crippen LogP contribution >= 0.6 is 36.2 Å². The Labute approximate surface area is 215 Å². The molecule has 0 amide bonds. The van der Waals surface area contributed by atoms with Gasteiger partial charge in [-0.2, -0.15) is 13.2 Å². The molecule has 0 saturated carbocycles. The smallest absolute Gasteiger partial charge is 0.365 e. The van der Waals surface area contributed by atoms with Crippen LogP contribution in [0.3, 0.4) is 0 Å². The van der Waals surface area contributed by atoms with Gasteiger partial charge in [-0.25, -0.2) is 9.37 Å². The lowest BCUT2D eigenvalue weighted by atomic mass is 10.0. The summed E-state index contributed by atoms with van der Waals surface area (Å²) < 4.78 is 53.5. The number of aromatic nitrogens is 2. The van der Waals surface area contributed by atoms with Crippen LogP contribution in [0.4, 0.5) is 22.6 Å². The third-order valence-electron chi connectivity index (χ3n) is 5.78. The first-order valence-corrected chi connectivity index (χ1v) is 11.4. The number of thiazole rings is 1. The number of hydrogen-bond donors (Lipinski definition) is 2. The Morgan fingerprint density at radius 2 is 1.89 bits per heavy atom. The van der Waals surface area contributed by atoms with Crippen LogP contribution in [-0.2, 0) is 12.6 Å². The van der Waals surface area contributed by atoms with Crippen LogP contribution in [0.25, 0.3) is 11.9 Å². The van der Waals surface area contributed by atoms with Gasteiger partial charge in [-0.15, -0.1) is 24.8 Å². The van der Waals surface area contributed by atoms with E-state index in [1.54, 1.807) is 30.6 Å². The van der Waals surface area contributed by atoms with Crippen LogP contribution in [0.15, 0.2) is 42.6 Å². The summed E-state index contributed by atoms with van der Waals surface area (Å²) in [5, 5.41) is 7.38. The topological polar surface area (TPSA) is 53.1 Å². The summed E-state index contributed by atoms with van der Waals surface area (Å²) in [6, 6.07) is 10.2. The monoisotopic (exact) mass is 547 g/mol. The molecular weight excluding hydrogens is 525 g/mol. The molecule has 0 bridgehead atoms. The number of benzene rings is 1. The summed E-state index contributed by atoms with van der Waals surface area (Å²) in [5.74, 6) is -0.264. The molecule has 12 heteroatoms. The second-order valence-corrected chi connectivity index (χ2v) is 9.03. The third-order valence-corrected chi connectivity index (χ3v) is 6.81. The summed E-state index contributed by atoms with van der Waals surface area (Å²) in [4.78, 5) is 10.6. The Hall–Kier alpha value is -2.40. The molecule has 2 aliphatic heterocycles. The number of rotatable bonds is 4. The van der Waals surface area contributed by atoms with Gasteiger partial charge in [-0.05, 0) is 42.7 Å². The molecule has 1 saturated heterocycles. The molecule has 5 nitrogen and oxygen atoms in total. The summed E-state index contributed by atoms with van der Waals surface area (Å²) in [6.07, 6.45) is 0.388. The average molecular weight is 548 g/mol. The number of aryl methyl sites for hydroxylation is 1. The van der Waals surface area contributed by atoms with Gasteiger partial charge in [0.2, 0.25) is 5.01 Å². The number of pyridine rings is 1. The molecule has 1 aromatic carbocycles. The van der Waals surface area contributed by atoms with E-state index in [0.717, 1.165) is 23.6 Å². The maximum atomic E-state index is 13.4. The highest BCUT2D eigenvalue weighted by atomic mass is 35.5. The van der Waals surface area contributed by atoms with E-state index in [1.165, 1.54) is 12.1 Å². The van der Waals surface area contributed by atoms with Crippen molar-refractivity contribution in [2.45, 2.75) is 25.1 Å². The SMILES string of the molecule is Cl.Cl.Fc1ccc(CCC2CN(C3=c4ncccc4=CNc4sc(C(F)(F)F)nc43)CCN2)cc1. The van der Waals surface area contributed by atoms with E-state index in [9.17, 15) is 17.6 Å². The summed E-state index contributed by atoms with van der Waals surface area (Å²) in [7, 11) is 0. The predicted molar refractivity (Wildman–Crippen MR) is 134 cm³/mol. The normalized spacial score (nSPS) is 17.1. The lowest BCUT2D eigenvalue weighted by Gasteiger charge is -2.36. The maximum Gasteiger partial charge on any atom is 0.443 e. The Balaban J connectivity index is 0.00000171. The molecule has 2 N–H and O–H groups in total. The Morgan fingerprint density at radius 3 is 2.63 bits per heavy atom. The molecule has 0 radical (unpaired) electrons. The van der Waals surface area contributed by atoms with E-state index in [1.807, 2.05) is 6.07 Å². The Kier molecular flexibility index (Phi) is 8.63. The van der Waals surface area contributed by atoms with E-state index in [4.69, 9.17) is 0 Å². The van der Waals surface area contributed by atoms with E-state index in [-0.39, 0.29) is 42.4 Å². The first kappa shape index (κ1) is 27.2. The predicted octanol–water partition coefficient (Wildman–Crippen LogP) is 3.77. The number of halogens is 6. The minimum Gasteiger partial charge on any atom is -0.365 e. The van der Waals surface area contributed by atoms with Crippen molar-refractivity contribution in [1.29, 1.82) is 0 Å². The minimum absolute atomic E-state index is 0. The summed E-state index contributed by atoms with van der Waals surface area (Å²) in [5.41, 5.74) is 1.93. The van der Waals surface area contributed by atoms with Crippen molar-refractivity contribution < 1.29 is 17.6 Å². The number of fused-ring (bicyclic) bond motifs is 2. The van der Waals surface area contributed by atoms with Crippen LogP contribution < -0.4 is 21.2 Å². The molecule has 0 spiro atoms. The standard InChI is InChI=1S/C23H21F4N5S.2ClH/c24-16-6-3-14(4-7-16)5-8-17-13-32(11-10-28-17)20-18-15(2-1-9-29-18)12-30-21-19(20)31-22(33-21)23(25,26)27;;/h1-4,6-7,9,12,17,28,30H,5,8,10-11,13H2;2*1H. The van der Waals surface area contributed by atoms with Gasteiger partial charge in [0.05, 0.1) is 11.0 Å². The summed E-state index contributed by atoms with van der Waals surface area (Å²) in [6.45, 7) is 1.91. The fourth-order valence-electron chi connectivity index (χ4n) is 4.20. The Morgan fingerprint density at radius 1 is 1.11 bits per heavy atom. The fraction of sp³-hybridized carbons (Fsp3) is 0.304. The molecular formula is C23H23Cl2F4N5S. The lowest BCUT2D eigenvalue weighted by Crippen LogP contribution is -2.52. The minimum atomic E-state index is -4.52. The summed E-state index contributed by atoms with van der Waals surface area (Å²) >= 11 is 0.603. The van der Waals surface area contributed by atoms with Crippen molar-refractivity contribution in [2.24, 2.45) is 0 Å². The highest BCUT2D eigenvalue weighted by Gasteiger charge is 2.38. The number of anilines is 1. The second-order valence-electron chi connectivity index (χ2n) is 8.04. The molecule has 0 aliphatic carbocycles. The zero-order chi connectivity index (χ0) is 23.0. The highest BCUT2D eigenvalue weighted by molar-refractivity contribution is 7.16. The van der Waals surface area contributed by atoms with Crippen molar-refractivity contribution in [3.05, 3.63) is 75.2 Å². The quantitative estimate of drug-likeness (QED) is 0.487. The largest absolute Gasteiger partial charge is 0.443 e. The van der Waals surface area contributed by atoms with Crippen molar-refractivity contribution in [3.63, 3.8) is 0 Å². The number of alkyl halides is 3. The molecule has 5 rings (SSSR count). The van der Waals surface area contributed by atoms with Crippen molar-refractivity contribution in [3.8, 4) is 0 Å². The highest BCUT2D eigenvalue weighted by Crippen LogP contribution is 2.39. The van der Waals surface area contributed by atoms with E-state index in [0.29, 0.717) is 47.0 Å². The number of nitrogens with one attached hydrogen (secondary N) is 2. The van der Waals surface area contributed by atoms with E-state index < -0.39 is 11.2 Å². The molecule has 4 heterocycles. The van der Waals surface area contributed by atoms with Crippen molar-refractivity contribution in [2.75, 3.05) is 25.0 Å². The van der Waals surface area contributed by atoms with Gasteiger partial charge < -0.3 is 15.5 Å². The molecule has 3 aromatic rings.